The molecule has 0 amide bonds. The zero-order valence-corrected chi connectivity index (χ0v) is 11.5. The third-order valence-corrected chi connectivity index (χ3v) is 3.04. The molecule has 0 aliphatic rings. The summed E-state index contributed by atoms with van der Waals surface area (Å²) in [6.07, 6.45) is 3.53. The van der Waals surface area contributed by atoms with Gasteiger partial charge in [0.15, 0.2) is 0 Å². The molecule has 108 valence electrons. The van der Waals surface area contributed by atoms with Gasteiger partial charge in [-0.15, -0.1) is 0 Å². The summed E-state index contributed by atoms with van der Waals surface area (Å²) >= 11 is 0. The molecule has 2 heterocycles. The predicted molar refractivity (Wildman–Crippen MR) is 75.7 cm³/mol. The van der Waals surface area contributed by atoms with Gasteiger partial charge in [0.25, 0.3) is 0 Å². The van der Waals surface area contributed by atoms with Crippen molar-refractivity contribution in [3.8, 4) is 6.07 Å². The fourth-order valence-electron chi connectivity index (χ4n) is 1.90. The van der Waals surface area contributed by atoms with E-state index in [9.17, 15) is 10.1 Å². The molecule has 0 aliphatic heterocycles. The number of hydrogen-bond donors (Lipinski definition) is 2. The number of aryl methyl sites for hydroxylation is 2. The Kier molecular flexibility index (Phi) is 4.46. The zero-order valence-electron chi connectivity index (χ0n) is 11.5. The van der Waals surface area contributed by atoms with E-state index in [1.54, 1.807) is 12.3 Å². The number of H-pyrrole nitrogens is 1. The Morgan fingerprint density at radius 1 is 1.52 bits per heavy atom. The third kappa shape index (κ3) is 3.54. The molecule has 8 heteroatoms. The minimum absolute atomic E-state index is 0.185. The van der Waals surface area contributed by atoms with E-state index in [0.29, 0.717) is 12.4 Å². The van der Waals surface area contributed by atoms with Gasteiger partial charge in [0.05, 0.1) is 11.1 Å². The number of aromatic nitrogens is 3. The van der Waals surface area contributed by atoms with Crippen LogP contribution >= 0.6 is 0 Å². The number of pyridine rings is 1. The molecule has 2 N–H and O–H groups in total. The smallest absolute Gasteiger partial charge is 0.305 e. The lowest BCUT2D eigenvalue weighted by Gasteiger charge is -2.05. The Hall–Kier alpha value is -2.95. The van der Waals surface area contributed by atoms with Crippen LogP contribution in [0.15, 0.2) is 18.3 Å². The molecule has 0 fully saturated rings. The number of nitrogens with one attached hydrogen (secondary N) is 2. The second-order valence-corrected chi connectivity index (χ2v) is 4.48. The Balaban J connectivity index is 1.91. The Labute approximate surface area is 121 Å². The summed E-state index contributed by atoms with van der Waals surface area (Å²) in [6, 6.07) is 4.52. The molecule has 8 nitrogen and oxygen atoms in total. The summed E-state index contributed by atoms with van der Waals surface area (Å²) in [7, 11) is 0. The highest BCUT2D eigenvalue weighted by atomic mass is 16.6. The maximum Gasteiger partial charge on any atom is 0.305 e. The van der Waals surface area contributed by atoms with E-state index in [1.165, 1.54) is 12.1 Å². The second-order valence-electron chi connectivity index (χ2n) is 4.48. The highest BCUT2D eigenvalue weighted by Crippen LogP contribution is 2.18. The SMILES string of the molecule is Cc1[nH]ncc1CCCNc1ccc([N+](=O)[O-])c(C#N)n1. The van der Waals surface area contributed by atoms with Gasteiger partial charge in [0.1, 0.15) is 11.9 Å². The van der Waals surface area contributed by atoms with E-state index in [0.717, 1.165) is 24.1 Å². The number of rotatable bonds is 6. The summed E-state index contributed by atoms with van der Waals surface area (Å²) in [5, 5.41) is 29.4. The van der Waals surface area contributed by atoms with E-state index in [4.69, 9.17) is 5.26 Å². The van der Waals surface area contributed by atoms with Crippen LogP contribution in [-0.4, -0.2) is 26.6 Å². The maximum atomic E-state index is 10.7. The van der Waals surface area contributed by atoms with Gasteiger partial charge < -0.3 is 5.32 Å². The maximum absolute atomic E-state index is 10.7. The largest absolute Gasteiger partial charge is 0.370 e. The molecule has 2 aromatic heterocycles. The highest BCUT2D eigenvalue weighted by Gasteiger charge is 2.15. The topological polar surface area (TPSA) is 121 Å². The number of hydrogen-bond acceptors (Lipinski definition) is 6. The van der Waals surface area contributed by atoms with E-state index in [2.05, 4.69) is 20.5 Å². The zero-order chi connectivity index (χ0) is 15.2. The summed E-state index contributed by atoms with van der Waals surface area (Å²) in [5.74, 6) is 0.459. The van der Waals surface area contributed by atoms with Crippen LogP contribution in [0.4, 0.5) is 11.5 Å². The van der Waals surface area contributed by atoms with Crippen molar-refractivity contribution in [1.29, 1.82) is 5.26 Å². The number of nitrogens with zero attached hydrogens (tertiary/aromatic N) is 4. The van der Waals surface area contributed by atoms with Gasteiger partial charge in [0.2, 0.25) is 5.69 Å². The lowest BCUT2D eigenvalue weighted by molar-refractivity contribution is -0.385. The van der Waals surface area contributed by atoms with Gasteiger partial charge in [0, 0.05) is 18.3 Å². The number of nitro groups is 1. The second kappa shape index (κ2) is 6.47. The predicted octanol–water partition coefficient (Wildman–Crippen LogP) is 1.94. The quantitative estimate of drug-likeness (QED) is 0.475. The van der Waals surface area contributed by atoms with Crippen LogP contribution < -0.4 is 5.32 Å². The van der Waals surface area contributed by atoms with E-state index >= 15 is 0 Å². The average Bonchev–Trinajstić information content (AvgIpc) is 2.88. The van der Waals surface area contributed by atoms with Gasteiger partial charge in [-0.3, -0.25) is 15.2 Å². The molecular weight excluding hydrogens is 272 g/mol. The number of anilines is 1. The van der Waals surface area contributed by atoms with Crippen molar-refractivity contribution >= 4 is 11.5 Å². The lowest BCUT2D eigenvalue weighted by Crippen LogP contribution is -2.06. The van der Waals surface area contributed by atoms with Crippen LogP contribution in [0.1, 0.15) is 23.4 Å². The van der Waals surface area contributed by atoms with Gasteiger partial charge in [-0.25, -0.2) is 4.98 Å². The van der Waals surface area contributed by atoms with Crippen LogP contribution in [0.25, 0.3) is 0 Å². The van der Waals surface area contributed by atoms with Crippen LogP contribution in [0.5, 0.6) is 0 Å². The molecule has 0 spiro atoms. The van der Waals surface area contributed by atoms with E-state index in [1.807, 2.05) is 6.92 Å². The van der Waals surface area contributed by atoms with Crippen LogP contribution in [-0.2, 0) is 6.42 Å². The first-order valence-corrected chi connectivity index (χ1v) is 6.40. The van der Waals surface area contributed by atoms with Crippen LogP contribution in [0, 0.1) is 28.4 Å². The molecular formula is C13H14N6O2. The highest BCUT2D eigenvalue weighted by molar-refractivity contribution is 5.50. The molecule has 2 aromatic rings. The summed E-state index contributed by atoms with van der Waals surface area (Å²) in [5.41, 5.74) is 1.74. The summed E-state index contributed by atoms with van der Waals surface area (Å²) in [6.45, 7) is 2.62. The van der Waals surface area contributed by atoms with E-state index in [-0.39, 0.29) is 11.4 Å². The monoisotopic (exact) mass is 286 g/mol. The van der Waals surface area contributed by atoms with Crippen molar-refractivity contribution in [3.63, 3.8) is 0 Å². The van der Waals surface area contributed by atoms with Crippen molar-refractivity contribution < 1.29 is 4.92 Å². The molecule has 0 unspecified atom stereocenters. The van der Waals surface area contributed by atoms with Gasteiger partial charge in [-0.2, -0.15) is 10.4 Å². The van der Waals surface area contributed by atoms with Crippen LogP contribution in [0.2, 0.25) is 0 Å². The van der Waals surface area contributed by atoms with Crippen molar-refractivity contribution in [2.45, 2.75) is 19.8 Å². The van der Waals surface area contributed by atoms with E-state index < -0.39 is 4.92 Å². The van der Waals surface area contributed by atoms with Gasteiger partial charge in [-0.1, -0.05) is 0 Å². The van der Waals surface area contributed by atoms with Crippen molar-refractivity contribution in [3.05, 3.63) is 45.4 Å². The van der Waals surface area contributed by atoms with Crippen molar-refractivity contribution in [2.24, 2.45) is 0 Å². The Morgan fingerprint density at radius 3 is 2.95 bits per heavy atom. The van der Waals surface area contributed by atoms with Crippen molar-refractivity contribution in [1.82, 2.24) is 15.2 Å². The Morgan fingerprint density at radius 2 is 2.33 bits per heavy atom. The summed E-state index contributed by atoms with van der Waals surface area (Å²) < 4.78 is 0. The molecule has 0 aliphatic carbocycles. The number of nitriles is 1. The molecule has 0 aromatic carbocycles. The fourth-order valence-corrected chi connectivity index (χ4v) is 1.90. The standard InChI is InChI=1S/C13H14N6O2/c1-9-10(8-16-18-9)3-2-6-15-13-5-4-12(19(20)21)11(7-14)17-13/h4-5,8H,2-3,6H2,1H3,(H,15,17)(H,16,18). The number of aromatic amines is 1. The molecule has 0 atom stereocenters. The minimum Gasteiger partial charge on any atom is -0.370 e. The first-order valence-electron chi connectivity index (χ1n) is 6.40. The third-order valence-electron chi connectivity index (χ3n) is 3.04. The molecule has 2 rings (SSSR count). The summed E-state index contributed by atoms with van der Waals surface area (Å²) in [4.78, 5) is 14.0. The van der Waals surface area contributed by atoms with Crippen molar-refractivity contribution in [2.75, 3.05) is 11.9 Å². The molecule has 0 saturated heterocycles. The average molecular weight is 286 g/mol. The first kappa shape index (κ1) is 14.5. The minimum atomic E-state index is -0.614. The van der Waals surface area contributed by atoms with Crippen LogP contribution in [0.3, 0.4) is 0 Å². The molecule has 0 saturated carbocycles. The fraction of sp³-hybridized carbons (Fsp3) is 0.308. The first-order chi connectivity index (χ1) is 10.1. The van der Waals surface area contributed by atoms with Gasteiger partial charge in [-0.05, 0) is 31.4 Å². The molecule has 21 heavy (non-hydrogen) atoms. The lowest BCUT2D eigenvalue weighted by atomic mass is 10.1. The molecule has 0 bridgehead atoms. The Bertz CT molecular complexity index is 688. The molecule has 0 radical (unpaired) electrons. The normalized spacial score (nSPS) is 10.1. The van der Waals surface area contributed by atoms with Gasteiger partial charge >= 0.3 is 5.69 Å².